The monoisotopic (exact) mass is 882 g/mol. The molecule has 1 saturated heterocycles. The van der Waals surface area contributed by atoms with Gasteiger partial charge in [-0.1, -0.05) is 70.4 Å². The summed E-state index contributed by atoms with van der Waals surface area (Å²) in [6.07, 6.45) is -4.65. The molecule has 0 aromatic heterocycles. The number of Topliss-reactive ketones (excluding diaryl/α,β-unsaturated/α-hetero) is 1. The van der Waals surface area contributed by atoms with Gasteiger partial charge in [0.15, 0.2) is 9.84 Å². The van der Waals surface area contributed by atoms with Crippen LogP contribution in [-0.2, 0) is 46.7 Å². The molecule has 1 aromatic rings. The van der Waals surface area contributed by atoms with Crippen LogP contribution in [0.4, 0.5) is 22.8 Å². The third-order valence-electron chi connectivity index (χ3n) is 11.5. The average Bonchev–Trinajstić information content (AvgIpc) is 3.59. The van der Waals surface area contributed by atoms with Crippen molar-refractivity contribution in [2.75, 3.05) is 25.4 Å². The van der Waals surface area contributed by atoms with Crippen LogP contribution < -0.4 is 21.3 Å². The summed E-state index contributed by atoms with van der Waals surface area (Å²) in [6, 6.07) is 1.92. The lowest BCUT2D eigenvalue weighted by Gasteiger charge is -2.41. The molecule has 2 heterocycles. The number of alkyl halides is 3. The zero-order valence-electron chi connectivity index (χ0n) is 35.9. The van der Waals surface area contributed by atoms with Gasteiger partial charge in [0.2, 0.25) is 17.6 Å². The van der Waals surface area contributed by atoms with Crippen LogP contribution in [0, 0.1) is 5.41 Å². The van der Waals surface area contributed by atoms with E-state index in [0.717, 1.165) is 22.4 Å². The van der Waals surface area contributed by atoms with Crippen LogP contribution >= 0.6 is 0 Å². The van der Waals surface area contributed by atoms with Gasteiger partial charge in [0.1, 0.15) is 18.2 Å². The molecule has 1 saturated carbocycles. The van der Waals surface area contributed by atoms with Crippen LogP contribution in [0.5, 0.6) is 0 Å². The van der Waals surface area contributed by atoms with E-state index in [2.05, 4.69) is 27.8 Å². The van der Waals surface area contributed by atoms with Gasteiger partial charge in [-0.05, 0) is 63.0 Å². The van der Waals surface area contributed by atoms with E-state index in [4.69, 9.17) is 4.74 Å². The van der Waals surface area contributed by atoms with Crippen molar-refractivity contribution in [1.82, 2.24) is 31.1 Å². The summed E-state index contributed by atoms with van der Waals surface area (Å²) in [5.41, 5.74) is -0.179. The van der Waals surface area contributed by atoms with Gasteiger partial charge in [0.05, 0.1) is 28.6 Å². The van der Waals surface area contributed by atoms with Crippen molar-refractivity contribution in [3.63, 3.8) is 0 Å². The minimum atomic E-state index is -4.75. The molecule has 61 heavy (non-hydrogen) atoms. The summed E-state index contributed by atoms with van der Waals surface area (Å²) in [4.78, 5) is 84.5. The van der Waals surface area contributed by atoms with Gasteiger partial charge >= 0.3 is 18.3 Å². The predicted octanol–water partition coefficient (Wildman–Crippen LogP) is 4.48. The number of benzene rings is 1. The number of fused-ring (bicyclic) bond motifs is 1. The molecule has 3 aliphatic rings. The Morgan fingerprint density at radius 2 is 1.61 bits per heavy atom. The second-order valence-corrected chi connectivity index (χ2v) is 21.1. The number of urea groups is 1. The lowest BCUT2D eigenvalue weighted by molar-refractivity contribution is -0.147. The fourth-order valence-electron chi connectivity index (χ4n) is 7.84. The van der Waals surface area contributed by atoms with Crippen molar-refractivity contribution in [1.29, 1.82) is 0 Å². The number of carbonyl (C=O) groups excluding carboxylic acids is 6. The molecular formula is C42H61F3N6O9S. The fourth-order valence-corrected chi connectivity index (χ4v) is 9.36. The molecular weight excluding hydrogens is 822 g/mol. The molecule has 0 radical (unpaired) electrons. The third kappa shape index (κ3) is 13.2. The Morgan fingerprint density at radius 1 is 0.967 bits per heavy atom. The number of hydrogen-bond acceptors (Lipinski definition) is 9. The summed E-state index contributed by atoms with van der Waals surface area (Å²) in [6.45, 7) is 13.2. The molecule has 15 nitrogen and oxygen atoms in total. The number of halogens is 3. The Bertz CT molecular complexity index is 1920. The van der Waals surface area contributed by atoms with Crippen LogP contribution in [0.2, 0.25) is 0 Å². The van der Waals surface area contributed by atoms with E-state index in [-0.39, 0.29) is 31.8 Å². The van der Waals surface area contributed by atoms with Crippen molar-refractivity contribution >= 4 is 45.5 Å². The van der Waals surface area contributed by atoms with Gasteiger partial charge in [-0.25, -0.2) is 18.0 Å². The van der Waals surface area contributed by atoms with E-state index in [0.29, 0.717) is 38.6 Å². The number of hydrogen-bond donors (Lipinski definition) is 4. The molecule has 2 fully saturated rings. The Hall–Kier alpha value is -4.68. The Labute approximate surface area is 356 Å². The molecule has 2 aliphatic heterocycles. The number of ether oxygens (including phenoxy) is 1. The third-order valence-corrected chi connectivity index (χ3v) is 14.3. The van der Waals surface area contributed by atoms with Crippen LogP contribution in [0.25, 0.3) is 0 Å². The molecule has 2 unspecified atom stereocenters. The van der Waals surface area contributed by atoms with Crippen molar-refractivity contribution in [2.24, 2.45) is 5.41 Å². The van der Waals surface area contributed by atoms with Crippen LogP contribution in [-0.4, -0.2) is 120 Å². The number of nitrogens with one attached hydrogen (secondary N) is 4. The van der Waals surface area contributed by atoms with Gasteiger partial charge in [0, 0.05) is 32.5 Å². The number of nitrogens with zero attached hydrogens (tertiary/aromatic N) is 2. The van der Waals surface area contributed by atoms with Gasteiger partial charge in [-0.15, -0.1) is 6.58 Å². The Balaban J connectivity index is 1.63. The first-order valence-electron chi connectivity index (χ1n) is 20.7. The summed E-state index contributed by atoms with van der Waals surface area (Å²) in [7, 11) is -3.71. The van der Waals surface area contributed by atoms with Crippen molar-refractivity contribution < 1.29 is 55.1 Å². The number of sulfone groups is 1. The van der Waals surface area contributed by atoms with E-state index >= 15 is 0 Å². The normalized spacial score (nSPS) is 20.3. The second-order valence-electron chi connectivity index (χ2n) is 18.4. The molecule has 4 atom stereocenters. The maximum Gasteiger partial charge on any atom is 0.410 e. The second kappa shape index (κ2) is 19.6. The van der Waals surface area contributed by atoms with E-state index in [1.165, 1.54) is 11.0 Å². The highest BCUT2D eigenvalue weighted by molar-refractivity contribution is 7.92. The number of amides is 6. The fraction of sp³-hybridized carbons (Fsp3) is 0.667. The van der Waals surface area contributed by atoms with Crippen LogP contribution in [0.15, 0.2) is 36.9 Å². The first kappa shape index (κ1) is 49.0. The highest BCUT2D eigenvalue weighted by Crippen LogP contribution is 2.34. The highest BCUT2D eigenvalue weighted by atomic mass is 32.2. The topological polar surface area (TPSA) is 200 Å². The summed E-state index contributed by atoms with van der Waals surface area (Å²) < 4.78 is 71.8. The lowest BCUT2D eigenvalue weighted by atomic mass is 9.83. The standard InChI is InChI=1S/C42H61F3N6O9S/c1-8-21-46-35(54)32(52)30(16-20-42(43,44)45)47-34(53)31-23-29(60-38(57)50-22-17-27-14-10-11-15-28(27)24-50)25-51(31)36(55)33(39(2,3)4)48-37(56)49-41(18-12-9-13-19-41)26-61(58,59)40(5,6)7/h8,10-11,14-15,29-31,33H,1,9,12-13,16-26H2,2-7H3,(H,46,54)(H,47,53)(H2,48,49,56)/t29-,30?,31?,33-/m1/s1. The zero-order chi connectivity index (χ0) is 45.6. The zero-order valence-corrected chi connectivity index (χ0v) is 36.7. The summed E-state index contributed by atoms with van der Waals surface area (Å²) >= 11 is 0. The minimum absolute atomic E-state index is 0.173. The van der Waals surface area contributed by atoms with Crippen molar-refractivity contribution in [3.05, 3.63) is 48.0 Å². The average molecular weight is 883 g/mol. The number of rotatable bonds is 14. The maximum atomic E-state index is 14.7. The molecule has 0 bridgehead atoms. The van der Waals surface area contributed by atoms with Gasteiger partial charge in [-0.2, -0.15) is 13.2 Å². The van der Waals surface area contributed by atoms with Crippen LogP contribution in [0.1, 0.15) is 104 Å². The number of carbonyl (C=O) groups is 6. The quantitative estimate of drug-likeness (QED) is 0.154. The molecule has 340 valence electrons. The molecule has 19 heteroatoms. The van der Waals surface area contributed by atoms with E-state index in [9.17, 15) is 50.4 Å². The van der Waals surface area contributed by atoms with E-state index < -0.39 is 104 Å². The SMILES string of the molecule is C=CCNC(=O)C(=O)C(CCC(F)(F)F)NC(=O)C1C[C@@H](OC(=O)N2CCc3ccccc3C2)CN1C(=O)[C@@H](NC(=O)NC1(CS(=O)(=O)C(C)(C)C)CCCCC1)C(C)(C)C. The van der Waals surface area contributed by atoms with Crippen molar-refractivity contribution in [3.8, 4) is 0 Å². The Kier molecular flexibility index (Phi) is 15.7. The minimum Gasteiger partial charge on any atom is -0.444 e. The largest absolute Gasteiger partial charge is 0.444 e. The summed E-state index contributed by atoms with van der Waals surface area (Å²) in [5.74, 6) is -4.82. The number of likely N-dealkylation sites (tertiary alicyclic amines) is 1. The molecule has 6 amide bonds. The smallest absolute Gasteiger partial charge is 0.410 e. The highest BCUT2D eigenvalue weighted by Gasteiger charge is 2.49. The molecule has 4 N–H and O–H groups in total. The van der Waals surface area contributed by atoms with Gasteiger partial charge < -0.3 is 35.8 Å². The maximum absolute atomic E-state index is 14.7. The van der Waals surface area contributed by atoms with Crippen molar-refractivity contribution in [2.45, 2.75) is 147 Å². The van der Waals surface area contributed by atoms with Gasteiger partial charge in [-0.3, -0.25) is 19.2 Å². The first-order valence-corrected chi connectivity index (χ1v) is 22.3. The van der Waals surface area contributed by atoms with E-state index in [1.807, 2.05) is 24.3 Å². The lowest BCUT2D eigenvalue weighted by Crippen LogP contribution is -2.63. The molecule has 4 rings (SSSR count). The Morgan fingerprint density at radius 3 is 2.20 bits per heavy atom. The molecule has 1 aliphatic carbocycles. The van der Waals surface area contributed by atoms with E-state index in [1.54, 1.807) is 41.5 Å². The molecule has 0 spiro atoms. The van der Waals surface area contributed by atoms with Gasteiger partial charge in [0.25, 0.3) is 5.91 Å². The first-order chi connectivity index (χ1) is 28.3. The number of ketones is 1. The molecule has 1 aromatic carbocycles. The predicted molar refractivity (Wildman–Crippen MR) is 221 cm³/mol. The summed E-state index contributed by atoms with van der Waals surface area (Å²) in [5, 5.41) is 10.1. The van der Waals surface area contributed by atoms with Crippen LogP contribution in [0.3, 0.4) is 0 Å².